The van der Waals surface area contributed by atoms with Crippen LogP contribution < -0.4 is 10.6 Å². The maximum absolute atomic E-state index is 12.8. The van der Waals surface area contributed by atoms with Crippen LogP contribution in [0.3, 0.4) is 0 Å². The van der Waals surface area contributed by atoms with Gasteiger partial charge in [-0.3, -0.25) is 0 Å². The Morgan fingerprint density at radius 2 is 2.10 bits per heavy atom. The summed E-state index contributed by atoms with van der Waals surface area (Å²) in [5.74, 6) is 0. The van der Waals surface area contributed by atoms with E-state index in [-0.39, 0.29) is 6.54 Å². The first kappa shape index (κ1) is 16.1. The molecule has 1 aromatic carbocycles. The molecule has 21 heavy (non-hydrogen) atoms. The molecule has 6 heteroatoms. The summed E-state index contributed by atoms with van der Waals surface area (Å²) in [4.78, 5) is 4.30. The average molecular weight is 301 g/mol. The molecule has 1 atom stereocenters. The van der Waals surface area contributed by atoms with Gasteiger partial charge in [0.05, 0.1) is 5.56 Å². The predicted molar refractivity (Wildman–Crippen MR) is 78.3 cm³/mol. The molecule has 0 spiro atoms. The van der Waals surface area contributed by atoms with Gasteiger partial charge in [-0.05, 0) is 50.2 Å². The van der Waals surface area contributed by atoms with E-state index >= 15 is 0 Å². The molecule has 0 saturated carbocycles. The fourth-order valence-corrected chi connectivity index (χ4v) is 2.92. The van der Waals surface area contributed by atoms with E-state index in [1.165, 1.54) is 12.5 Å². The predicted octanol–water partition coefficient (Wildman–Crippen LogP) is 2.69. The largest absolute Gasteiger partial charge is 0.416 e. The number of hydrogen-bond donors (Lipinski definition) is 1. The Balaban J connectivity index is 2.18. The van der Waals surface area contributed by atoms with Crippen molar-refractivity contribution < 1.29 is 13.2 Å². The summed E-state index contributed by atoms with van der Waals surface area (Å²) in [6, 6.07) is 4.26. The van der Waals surface area contributed by atoms with Crippen molar-refractivity contribution in [2.45, 2.75) is 31.6 Å². The molecule has 1 aromatic rings. The summed E-state index contributed by atoms with van der Waals surface area (Å²) in [7, 11) is 4.00. The maximum Gasteiger partial charge on any atom is 0.416 e. The number of nitrogens with zero attached hydrogens (tertiary/aromatic N) is 2. The van der Waals surface area contributed by atoms with Gasteiger partial charge >= 0.3 is 6.18 Å². The molecule has 0 bridgehead atoms. The third-order valence-electron chi connectivity index (χ3n) is 4.19. The van der Waals surface area contributed by atoms with Crippen molar-refractivity contribution in [2.75, 3.05) is 32.1 Å². The average Bonchev–Trinajstić information content (AvgIpc) is 2.82. The summed E-state index contributed by atoms with van der Waals surface area (Å²) in [5, 5.41) is 0. The molecule has 1 aliphatic heterocycles. The number of rotatable bonds is 4. The Labute approximate surface area is 123 Å². The van der Waals surface area contributed by atoms with Crippen molar-refractivity contribution in [3.63, 3.8) is 0 Å². The van der Waals surface area contributed by atoms with Crippen LogP contribution in [-0.4, -0.2) is 38.1 Å². The Hall–Kier alpha value is -1.27. The van der Waals surface area contributed by atoms with Gasteiger partial charge < -0.3 is 15.5 Å². The van der Waals surface area contributed by atoms with Crippen molar-refractivity contribution in [2.24, 2.45) is 5.73 Å². The van der Waals surface area contributed by atoms with E-state index in [0.717, 1.165) is 37.3 Å². The van der Waals surface area contributed by atoms with Crippen molar-refractivity contribution in [1.82, 2.24) is 4.90 Å². The highest BCUT2D eigenvalue weighted by molar-refractivity contribution is 5.55. The molecule has 118 valence electrons. The smallest absolute Gasteiger partial charge is 0.373 e. The molecule has 2 N–H and O–H groups in total. The first-order valence-electron chi connectivity index (χ1n) is 7.14. The lowest BCUT2D eigenvalue weighted by Gasteiger charge is -2.29. The second-order valence-electron chi connectivity index (χ2n) is 5.70. The Morgan fingerprint density at radius 1 is 1.38 bits per heavy atom. The first-order valence-corrected chi connectivity index (χ1v) is 7.14. The number of hydrogen-bond acceptors (Lipinski definition) is 3. The van der Waals surface area contributed by atoms with Crippen LogP contribution in [0.4, 0.5) is 18.9 Å². The fraction of sp³-hybridized carbons (Fsp3) is 0.600. The highest BCUT2D eigenvalue weighted by Crippen LogP contribution is 2.33. The van der Waals surface area contributed by atoms with Gasteiger partial charge in [0, 0.05) is 31.9 Å². The molecule has 0 aliphatic carbocycles. The molecule has 1 fully saturated rings. The monoisotopic (exact) mass is 301 g/mol. The van der Waals surface area contributed by atoms with E-state index in [9.17, 15) is 13.2 Å². The molecule has 2 rings (SSSR count). The van der Waals surface area contributed by atoms with Crippen molar-refractivity contribution in [3.8, 4) is 0 Å². The number of alkyl halides is 3. The third-order valence-corrected chi connectivity index (χ3v) is 4.19. The second-order valence-corrected chi connectivity index (χ2v) is 5.70. The molecule has 1 heterocycles. The first-order chi connectivity index (χ1) is 9.82. The Morgan fingerprint density at radius 3 is 2.62 bits per heavy atom. The SMILES string of the molecule is CN(CC1CCCN1C)c1ccc(C(F)(F)F)cc1CN. The second kappa shape index (κ2) is 6.23. The third kappa shape index (κ3) is 3.68. The van der Waals surface area contributed by atoms with Crippen LogP contribution in [0.5, 0.6) is 0 Å². The maximum atomic E-state index is 12.8. The van der Waals surface area contributed by atoms with Gasteiger partial charge in [-0.15, -0.1) is 0 Å². The standard InChI is InChI=1S/C15H22F3N3/c1-20-7-3-4-13(20)10-21(2)14-6-5-12(15(16,17)18)8-11(14)9-19/h5-6,8,13H,3-4,7,9-10,19H2,1-2H3. The number of halogens is 3. The summed E-state index contributed by atoms with van der Waals surface area (Å²) in [5.41, 5.74) is 6.31. The Kier molecular flexibility index (Phi) is 4.78. The van der Waals surface area contributed by atoms with Crippen LogP contribution in [0.2, 0.25) is 0 Å². The minimum absolute atomic E-state index is 0.101. The molecule has 0 aromatic heterocycles. The molecule has 1 unspecified atom stereocenters. The van der Waals surface area contributed by atoms with Gasteiger partial charge in [0.15, 0.2) is 0 Å². The van der Waals surface area contributed by atoms with Crippen LogP contribution in [-0.2, 0) is 12.7 Å². The lowest BCUT2D eigenvalue weighted by Crippen LogP contribution is -2.37. The summed E-state index contributed by atoms with van der Waals surface area (Å²) in [6.07, 6.45) is -2.03. The van der Waals surface area contributed by atoms with Gasteiger partial charge in [0.1, 0.15) is 0 Å². The van der Waals surface area contributed by atoms with Crippen molar-refractivity contribution in [3.05, 3.63) is 29.3 Å². The number of likely N-dealkylation sites (tertiary alicyclic amines) is 1. The summed E-state index contributed by atoms with van der Waals surface area (Å²) < 4.78 is 38.3. The zero-order valence-corrected chi connectivity index (χ0v) is 12.5. The van der Waals surface area contributed by atoms with E-state index in [2.05, 4.69) is 11.9 Å². The quantitative estimate of drug-likeness (QED) is 0.928. The molecule has 1 aliphatic rings. The van der Waals surface area contributed by atoms with Crippen molar-refractivity contribution >= 4 is 5.69 Å². The van der Waals surface area contributed by atoms with E-state index in [1.54, 1.807) is 0 Å². The normalized spacial score (nSPS) is 20.0. The van der Waals surface area contributed by atoms with Crippen LogP contribution in [0.15, 0.2) is 18.2 Å². The molecular weight excluding hydrogens is 279 g/mol. The Bertz CT molecular complexity index is 488. The van der Waals surface area contributed by atoms with Crippen molar-refractivity contribution in [1.29, 1.82) is 0 Å². The van der Waals surface area contributed by atoms with E-state index < -0.39 is 11.7 Å². The fourth-order valence-electron chi connectivity index (χ4n) is 2.92. The minimum atomic E-state index is -4.33. The van der Waals surface area contributed by atoms with E-state index in [0.29, 0.717) is 11.6 Å². The van der Waals surface area contributed by atoms with Crippen LogP contribution >= 0.6 is 0 Å². The number of nitrogens with two attached hydrogens (primary N) is 1. The highest BCUT2D eigenvalue weighted by atomic mass is 19.4. The van der Waals surface area contributed by atoms with Crippen LogP contribution in [0.25, 0.3) is 0 Å². The van der Waals surface area contributed by atoms with E-state index in [4.69, 9.17) is 5.73 Å². The molecule has 1 saturated heterocycles. The summed E-state index contributed by atoms with van der Waals surface area (Å²) >= 11 is 0. The summed E-state index contributed by atoms with van der Waals surface area (Å²) in [6.45, 7) is 1.98. The van der Waals surface area contributed by atoms with Gasteiger partial charge in [-0.25, -0.2) is 0 Å². The van der Waals surface area contributed by atoms with Gasteiger partial charge in [0.25, 0.3) is 0 Å². The highest BCUT2D eigenvalue weighted by Gasteiger charge is 2.31. The van der Waals surface area contributed by atoms with Crippen LogP contribution in [0.1, 0.15) is 24.0 Å². The molecule has 0 radical (unpaired) electrons. The van der Waals surface area contributed by atoms with Gasteiger partial charge in [-0.1, -0.05) is 0 Å². The minimum Gasteiger partial charge on any atom is -0.373 e. The number of anilines is 1. The van der Waals surface area contributed by atoms with Crippen LogP contribution in [0, 0.1) is 0 Å². The lowest BCUT2D eigenvalue weighted by molar-refractivity contribution is -0.137. The van der Waals surface area contributed by atoms with Gasteiger partial charge in [0.2, 0.25) is 0 Å². The van der Waals surface area contributed by atoms with E-state index in [1.807, 2.05) is 11.9 Å². The molecule has 3 nitrogen and oxygen atoms in total. The molecular formula is C15H22F3N3. The zero-order chi connectivity index (χ0) is 15.6. The molecule has 0 amide bonds. The number of likely N-dealkylation sites (N-methyl/N-ethyl adjacent to an activating group) is 2. The topological polar surface area (TPSA) is 32.5 Å². The van der Waals surface area contributed by atoms with Gasteiger partial charge in [-0.2, -0.15) is 13.2 Å². The zero-order valence-electron chi connectivity index (χ0n) is 12.5. The lowest BCUT2D eigenvalue weighted by atomic mass is 10.1. The number of benzene rings is 1.